The third kappa shape index (κ3) is 4.06. The van der Waals surface area contributed by atoms with Crippen LogP contribution >= 0.6 is 11.3 Å². The standard InChI is InChI=1S/C48H37NS/c1-47(2)39-21-8-5-16-34(39)36-27-26-32(29-41(36)47)49(42-23-12-20-37-35-17-6-9-22-40(35)48(3,4)46(37)42)31-15-11-14-30(28-31)33-19-13-25-44-45(33)38-18-7-10-24-43(38)50-44/h5-29H,1-4H3. The van der Waals surface area contributed by atoms with Gasteiger partial charge in [0.1, 0.15) is 0 Å². The quantitative estimate of drug-likeness (QED) is 0.182. The first-order valence-electron chi connectivity index (χ1n) is 17.6. The summed E-state index contributed by atoms with van der Waals surface area (Å²) in [5.74, 6) is 0. The smallest absolute Gasteiger partial charge is 0.0508 e. The van der Waals surface area contributed by atoms with Crippen LogP contribution in [-0.4, -0.2) is 0 Å². The predicted molar refractivity (Wildman–Crippen MR) is 215 cm³/mol. The molecule has 1 aromatic heterocycles. The number of hydrogen-bond acceptors (Lipinski definition) is 2. The Bertz CT molecular complexity index is 2670. The first kappa shape index (κ1) is 29.5. The van der Waals surface area contributed by atoms with Crippen molar-refractivity contribution in [3.05, 3.63) is 174 Å². The zero-order valence-corrected chi connectivity index (χ0v) is 29.6. The van der Waals surface area contributed by atoms with E-state index in [9.17, 15) is 0 Å². The largest absolute Gasteiger partial charge is 0.310 e. The molecule has 240 valence electrons. The van der Waals surface area contributed by atoms with Crippen molar-refractivity contribution in [2.24, 2.45) is 0 Å². The second-order valence-corrected chi connectivity index (χ2v) is 16.0. The first-order valence-corrected chi connectivity index (χ1v) is 18.4. The van der Waals surface area contributed by atoms with Gasteiger partial charge in [-0.25, -0.2) is 0 Å². The highest BCUT2D eigenvalue weighted by Gasteiger charge is 2.40. The van der Waals surface area contributed by atoms with Crippen LogP contribution in [0.4, 0.5) is 17.1 Å². The summed E-state index contributed by atoms with van der Waals surface area (Å²) in [6, 6.07) is 56.7. The van der Waals surface area contributed by atoms with E-state index in [1.165, 1.54) is 87.2 Å². The molecule has 2 heteroatoms. The molecule has 0 aliphatic heterocycles. The van der Waals surface area contributed by atoms with Crippen molar-refractivity contribution in [3.8, 4) is 33.4 Å². The lowest BCUT2D eigenvalue weighted by atomic mass is 9.81. The minimum absolute atomic E-state index is 0.0980. The van der Waals surface area contributed by atoms with Gasteiger partial charge in [0, 0.05) is 42.4 Å². The van der Waals surface area contributed by atoms with Gasteiger partial charge in [0.05, 0.1) is 5.69 Å². The van der Waals surface area contributed by atoms with Crippen LogP contribution in [0.15, 0.2) is 152 Å². The minimum atomic E-state index is -0.161. The Kier molecular flexibility index (Phi) is 6.21. The van der Waals surface area contributed by atoms with E-state index in [1.807, 2.05) is 11.3 Å². The van der Waals surface area contributed by atoms with Gasteiger partial charge in [-0.05, 0) is 98.1 Å². The summed E-state index contributed by atoms with van der Waals surface area (Å²) < 4.78 is 2.66. The second kappa shape index (κ2) is 10.5. The van der Waals surface area contributed by atoms with Gasteiger partial charge >= 0.3 is 0 Å². The maximum Gasteiger partial charge on any atom is 0.0508 e. The average Bonchev–Trinajstić information content (AvgIpc) is 3.72. The SMILES string of the molecule is CC1(C)c2ccccc2-c2ccc(N(c3cccc(-c4cccc5sc6ccccc6c45)c3)c3cccc4c3C(C)(C)c3ccccc3-4)cc21. The van der Waals surface area contributed by atoms with Gasteiger partial charge in [0.2, 0.25) is 0 Å². The molecular weight excluding hydrogens is 623 g/mol. The summed E-state index contributed by atoms with van der Waals surface area (Å²) in [7, 11) is 0. The highest BCUT2D eigenvalue weighted by Crippen LogP contribution is 2.56. The van der Waals surface area contributed by atoms with E-state index in [-0.39, 0.29) is 10.8 Å². The fraction of sp³-hybridized carbons (Fsp3) is 0.125. The van der Waals surface area contributed by atoms with Crippen LogP contribution in [0, 0.1) is 0 Å². The van der Waals surface area contributed by atoms with Crippen LogP contribution in [0.2, 0.25) is 0 Å². The summed E-state index contributed by atoms with van der Waals surface area (Å²) in [6.45, 7) is 9.53. The topological polar surface area (TPSA) is 3.24 Å². The minimum Gasteiger partial charge on any atom is -0.310 e. The monoisotopic (exact) mass is 659 g/mol. The fourth-order valence-electron chi connectivity index (χ4n) is 9.09. The van der Waals surface area contributed by atoms with Gasteiger partial charge in [-0.2, -0.15) is 0 Å². The Morgan fingerprint density at radius 3 is 1.88 bits per heavy atom. The summed E-state index contributed by atoms with van der Waals surface area (Å²) in [4.78, 5) is 2.53. The van der Waals surface area contributed by atoms with E-state index >= 15 is 0 Å². The molecule has 0 saturated heterocycles. The summed E-state index contributed by atoms with van der Waals surface area (Å²) in [6.07, 6.45) is 0. The van der Waals surface area contributed by atoms with E-state index < -0.39 is 0 Å². The molecular formula is C48H37NS. The molecule has 2 aliphatic carbocycles. The first-order chi connectivity index (χ1) is 24.3. The number of anilines is 3. The molecule has 0 unspecified atom stereocenters. The van der Waals surface area contributed by atoms with Gasteiger partial charge < -0.3 is 4.90 Å². The van der Waals surface area contributed by atoms with Crippen LogP contribution < -0.4 is 4.90 Å². The molecule has 0 bridgehead atoms. The Morgan fingerprint density at radius 1 is 0.440 bits per heavy atom. The molecule has 10 rings (SSSR count). The Balaban J connectivity index is 1.22. The molecule has 2 aliphatic rings. The number of fused-ring (bicyclic) bond motifs is 9. The maximum absolute atomic E-state index is 2.53. The van der Waals surface area contributed by atoms with Crippen molar-refractivity contribution in [1.82, 2.24) is 0 Å². The van der Waals surface area contributed by atoms with Gasteiger partial charge in [-0.3, -0.25) is 0 Å². The van der Waals surface area contributed by atoms with Gasteiger partial charge in [-0.1, -0.05) is 137 Å². The van der Waals surface area contributed by atoms with Crippen molar-refractivity contribution in [1.29, 1.82) is 0 Å². The maximum atomic E-state index is 2.53. The molecule has 0 saturated carbocycles. The third-order valence-corrected chi connectivity index (χ3v) is 12.6. The summed E-state index contributed by atoms with van der Waals surface area (Å²) in [5.41, 5.74) is 16.7. The Morgan fingerprint density at radius 2 is 1.04 bits per heavy atom. The van der Waals surface area contributed by atoms with Crippen LogP contribution in [0.1, 0.15) is 49.9 Å². The van der Waals surface area contributed by atoms with Gasteiger partial charge in [-0.15, -0.1) is 11.3 Å². The molecule has 50 heavy (non-hydrogen) atoms. The zero-order valence-electron chi connectivity index (χ0n) is 28.8. The lowest BCUT2D eigenvalue weighted by Gasteiger charge is -2.33. The van der Waals surface area contributed by atoms with Crippen LogP contribution in [0.3, 0.4) is 0 Å². The predicted octanol–water partition coefficient (Wildman–Crippen LogP) is 13.8. The average molecular weight is 660 g/mol. The fourth-order valence-corrected chi connectivity index (χ4v) is 10.2. The molecule has 0 N–H and O–H groups in total. The number of thiophene rings is 1. The second-order valence-electron chi connectivity index (χ2n) is 14.9. The van der Waals surface area contributed by atoms with Crippen LogP contribution in [-0.2, 0) is 10.8 Å². The molecule has 0 fully saturated rings. The molecule has 0 amide bonds. The zero-order chi connectivity index (χ0) is 33.8. The molecule has 7 aromatic carbocycles. The van der Waals surface area contributed by atoms with E-state index in [0.717, 1.165) is 5.69 Å². The number of nitrogens with zero attached hydrogens (tertiary/aromatic N) is 1. The molecule has 1 heterocycles. The molecule has 0 atom stereocenters. The van der Waals surface area contributed by atoms with Crippen LogP contribution in [0.5, 0.6) is 0 Å². The van der Waals surface area contributed by atoms with Gasteiger partial charge in [0.25, 0.3) is 0 Å². The molecule has 1 nitrogen and oxygen atoms in total. The van der Waals surface area contributed by atoms with Crippen molar-refractivity contribution in [2.75, 3.05) is 4.90 Å². The van der Waals surface area contributed by atoms with Crippen molar-refractivity contribution in [2.45, 2.75) is 38.5 Å². The third-order valence-electron chi connectivity index (χ3n) is 11.4. The number of rotatable bonds is 4. The van der Waals surface area contributed by atoms with E-state index in [1.54, 1.807) is 0 Å². The lowest BCUT2D eigenvalue weighted by Crippen LogP contribution is -2.21. The number of hydrogen-bond donors (Lipinski definition) is 0. The van der Waals surface area contributed by atoms with Crippen LogP contribution in [0.25, 0.3) is 53.6 Å². The molecule has 8 aromatic rings. The van der Waals surface area contributed by atoms with E-state index in [2.05, 4.69) is 184 Å². The molecule has 0 spiro atoms. The summed E-state index contributed by atoms with van der Waals surface area (Å²) in [5, 5.41) is 2.66. The lowest BCUT2D eigenvalue weighted by molar-refractivity contribution is 0.658. The van der Waals surface area contributed by atoms with E-state index in [0.29, 0.717) is 0 Å². The summed E-state index contributed by atoms with van der Waals surface area (Å²) >= 11 is 1.88. The van der Waals surface area contributed by atoms with Gasteiger partial charge in [0.15, 0.2) is 0 Å². The molecule has 0 radical (unpaired) electrons. The van der Waals surface area contributed by atoms with E-state index in [4.69, 9.17) is 0 Å². The Labute approximate surface area is 298 Å². The number of benzene rings is 7. The highest BCUT2D eigenvalue weighted by atomic mass is 32.1. The van der Waals surface area contributed by atoms with Crippen molar-refractivity contribution < 1.29 is 0 Å². The normalized spacial score (nSPS) is 14.7. The van der Waals surface area contributed by atoms with Crippen molar-refractivity contribution in [3.63, 3.8) is 0 Å². The Hall–Kier alpha value is -5.44. The van der Waals surface area contributed by atoms with Crippen molar-refractivity contribution >= 4 is 48.6 Å². The highest BCUT2D eigenvalue weighted by molar-refractivity contribution is 7.25.